The topological polar surface area (TPSA) is 70.2 Å². The monoisotopic (exact) mass is 307 g/mol. The first-order valence-electron chi connectivity index (χ1n) is 6.94. The van der Waals surface area contributed by atoms with Gasteiger partial charge in [0.15, 0.2) is 5.11 Å². The molecule has 1 rings (SSSR count). The van der Waals surface area contributed by atoms with Crippen LogP contribution in [-0.2, 0) is 4.79 Å². The van der Waals surface area contributed by atoms with Crippen molar-refractivity contribution in [2.24, 2.45) is 0 Å². The maximum absolute atomic E-state index is 12.0. The van der Waals surface area contributed by atoms with Crippen LogP contribution in [0.4, 0.5) is 0 Å². The van der Waals surface area contributed by atoms with E-state index >= 15 is 0 Å². The lowest BCUT2D eigenvalue weighted by Gasteiger charge is -2.11. The largest absolute Gasteiger partial charge is 0.298 e. The Morgan fingerprint density at radius 2 is 1.76 bits per heavy atom. The van der Waals surface area contributed by atoms with E-state index in [1.54, 1.807) is 12.1 Å². The van der Waals surface area contributed by atoms with Gasteiger partial charge in [0.05, 0.1) is 0 Å². The highest BCUT2D eigenvalue weighted by Crippen LogP contribution is 2.14. The molecule has 0 aliphatic rings. The van der Waals surface area contributed by atoms with Gasteiger partial charge in [-0.05, 0) is 42.3 Å². The summed E-state index contributed by atoms with van der Waals surface area (Å²) in [6, 6.07) is 7.34. The molecule has 0 unspecified atom stereocenters. The van der Waals surface area contributed by atoms with Gasteiger partial charge in [0.1, 0.15) is 0 Å². The molecular formula is C15H21N3O2S. The minimum absolute atomic E-state index is 0.0670. The van der Waals surface area contributed by atoms with Crippen molar-refractivity contribution in [2.75, 3.05) is 0 Å². The van der Waals surface area contributed by atoms with Gasteiger partial charge in [-0.15, -0.1) is 0 Å². The second-order valence-electron chi connectivity index (χ2n) is 4.98. The predicted molar refractivity (Wildman–Crippen MR) is 86.8 cm³/mol. The number of benzene rings is 1. The number of nitrogens with one attached hydrogen (secondary N) is 3. The van der Waals surface area contributed by atoms with E-state index in [4.69, 9.17) is 12.2 Å². The van der Waals surface area contributed by atoms with Gasteiger partial charge in [0, 0.05) is 12.0 Å². The first-order chi connectivity index (χ1) is 9.93. The van der Waals surface area contributed by atoms with E-state index in [1.807, 2.05) is 19.1 Å². The fourth-order valence-corrected chi connectivity index (χ4v) is 1.79. The van der Waals surface area contributed by atoms with Crippen LogP contribution in [-0.4, -0.2) is 16.9 Å². The van der Waals surface area contributed by atoms with Crippen molar-refractivity contribution < 1.29 is 9.59 Å². The second-order valence-corrected chi connectivity index (χ2v) is 5.39. The summed E-state index contributed by atoms with van der Waals surface area (Å²) in [4.78, 5) is 23.2. The van der Waals surface area contributed by atoms with Gasteiger partial charge in [0.25, 0.3) is 5.91 Å². The number of thiocarbonyl (C=S) groups is 1. The first-order valence-corrected chi connectivity index (χ1v) is 7.35. The van der Waals surface area contributed by atoms with E-state index < -0.39 is 0 Å². The normalized spacial score (nSPS) is 10.1. The highest BCUT2D eigenvalue weighted by atomic mass is 32.1. The van der Waals surface area contributed by atoms with Gasteiger partial charge in [0.2, 0.25) is 5.91 Å². The predicted octanol–water partition coefficient (Wildman–Crippen LogP) is 2.25. The van der Waals surface area contributed by atoms with E-state index in [0.717, 1.165) is 6.42 Å². The van der Waals surface area contributed by atoms with Crippen LogP contribution in [0.15, 0.2) is 24.3 Å². The SMILES string of the molecule is CCCC(=O)NNC(=S)NC(=O)c1ccc(C(C)C)cc1. The van der Waals surface area contributed by atoms with Crippen LogP contribution in [0.3, 0.4) is 0 Å². The average molecular weight is 307 g/mol. The molecule has 0 heterocycles. The van der Waals surface area contributed by atoms with Crippen LogP contribution in [0.1, 0.15) is 55.5 Å². The Kier molecular flexibility index (Phi) is 6.81. The Balaban J connectivity index is 2.48. The molecule has 0 saturated heterocycles. The lowest BCUT2D eigenvalue weighted by molar-refractivity contribution is -0.121. The Hall–Kier alpha value is -1.95. The number of rotatable bonds is 4. The third-order valence-corrected chi connectivity index (χ3v) is 3.06. The lowest BCUT2D eigenvalue weighted by atomic mass is 10.0. The first kappa shape index (κ1) is 17.1. The van der Waals surface area contributed by atoms with Gasteiger partial charge in [-0.1, -0.05) is 32.9 Å². The number of carbonyl (C=O) groups excluding carboxylic acids is 2. The molecule has 114 valence electrons. The minimum Gasteiger partial charge on any atom is -0.298 e. The van der Waals surface area contributed by atoms with Crippen molar-refractivity contribution in [3.8, 4) is 0 Å². The van der Waals surface area contributed by atoms with Gasteiger partial charge in [-0.2, -0.15) is 0 Å². The maximum Gasteiger partial charge on any atom is 0.257 e. The molecule has 0 atom stereocenters. The zero-order valence-electron chi connectivity index (χ0n) is 12.5. The third-order valence-electron chi connectivity index (χ3n) is 2.86. The highest BCUT2D eigenvalue weighted by Gasteiger charge is 2.09. The zero-order valence-corrected chi connectivity index (χ0v) is 13.3. The number of carbonyl (C=O) groups is 2. The number of hydrogen-bond donors (Lipinski definition) is 3. The van der Waals surface area contributed by atoms with Crippen molar-refractivity contribution in [3.05, 3.63) is 35.4 Å². The molecule has 21 heavy (non-hydrogen) atoms. The molecule has 0 aromatic heterocycles. The molecular weight excluding hydrogens is 286 g/mol. The van der Waals surface area contributed by atoms with Crippen LogP contribution in [0.5, 0.6) is 0 Å². The second kappa shape index (κ2) is 8.36. The number of amides is 2. The van der Waals surface area contributed by atoms with Crippen LogP contribution in [0.2, 0.25) is 0 Å². The summed E-state index contributed by atoms with van der Waals surface area (Å²) in [7, 11) is 0. The minimum atomic E-state index is -0.312. The molecule has 0 fully saturated rings. The molecule has 3 N–H and O–H groups in total. The molecule has 0 spiro atoms. The fourth-order valence-electron chi connectivity index (χ4n) is 1.64. The summed E-state index contributed by atoms with van der Waals surface area (Å²) in [6.45, 7) is 6.08. The standard InChI is InChI=1S/C15H21N3O2S/c1-4-5-13(19)17-18-15(21)16-14(20)12-8-6-11(7-9-12)10(2)3/h6-10H,4-5H2,1-3H3,(H,17,19)(H2,16,18,20,21). The van der Waals surface area contributed by atoms with Gasteiger partial charge in [-0.25, -0.2) is 0 Å². The average Bonchev–Trinajstić information content (AvgIpc) is 2.45. The third kappa shape index (κ3) is 5.91. The summed E-state index contributed by atoms with van der Waals surface area (Å²) in [5, 5.41) is 2.58. The Labute approximate surface area is 130 Å². The highest BCUT2D eigenvalue weighted by molar-refractivity contribution is 7.80. The Morgan fingerprint density at radius 1 is 1.14 bits per heavy atom. The van der Waals surface area contributed by atoms with E-state index in [9.17, 15) is 9.59 Å². The van der Waals surface area contributed by atoms with Crippen LogP contribution in [0.25, 0.3) is 0 Å². The Bertz CT molecular complexity index is 512. The molecule has 0 bridgehead atoms. The van der Waals surface area contributed by atoms with E-state index in [2.05, 4.69) is 30.0 Å². The van der Waals surface area contributed by atoms with Gasteiger partial charge < -0.3 is 0 Å². The summed E-state index contributed by atoms with van der Waals surface area (Å²) in [5.41, 5.74) is 6.60. The summed E-state index contributed by atoms with van der Waals surface area (Å²) in [6.07, 6.45) is 1.15. The van der Waals surface area contributed by atoms with Gasteiger partial charge in [-0.3, -0.25) is 25.8 Å². The summed E-state index contributed by atoms with van der Waals surface area (Å²) < 4.78 is 0. The molecule has 5 nitrogen and oxygen atoms in total. The lowest BCUT2D eigenvalue weighted by Crippen LogP contribution is -2.48. The molecule has 0 aliphatic heterocycles. The van der Waals surface area contributed by atoms with Crippen molar-refractivity contribution in [3.63, 3.8) is 0 Å². The fraction of sp³-hybridized carbons (Fsp3) is 0.400. The van der Waals surface area contributed by atoms with Crippen molar-refractivity contribution in [1.29, 1.82) is 0 Å². The quantitative estimate of drug-likeness (QED) is 0.589. The smallest absolute Gasteiger partial charge is 0.257 e. The molecule has 0 aliphatic carbocycles. The van der Waals surface area contributed by atoms with E-state index in [0.29, 0.717) is 17.9 Å². The molecule has 1 aromatic rings. The molecule has 2 amide bonds. The summed E-state index contributed by atoms with van der Waals surface area (Å²) in [5.74, 6) is -0.0680. The van der Waals surface area contributed by atoms with Crippen molar-refractivity contribution >= 4 is 29.1 Å². The Morgan fingerprint density at radius 3 is 2.29 bits per heavy atom. The summed E-state index contributed by atoms with van der Waals surface area (Å²) >= 11 is 4.94. The molecule has 0 radical (unpaired) electrons. The van der Waals surface area contributed by atoms with Gasteiger partial charge >= 0.3 is 0 Å². The van der Waals surface area contributed by atoms with Crippen LogP contribution < -0.4 is 16.2 Å². The van der Waals surface area contributed by atoms with E-state index in [-0.39, 0.29) is 16.9 Å². The molecule has 0 saturated carbocycles. The number of hydrogen-bond acceptors (Lipinski definition) is 3. The van der Waals surface area contributed by atoms with Crippen molar-refractivity contribution in [2.45, 2.75) is 39.5 Å². The molecule has 1 aromatic carbocycles. The maximum atomic E-state index is 12.0. The zero-order chi connectivity index (χ0) is 15.8. The number of hydrazine groups is 1. The van der Waals surface area contributed by atoms with Crippen LogP contribution in [0, 0.1) is 0 Å². The van der Waals surface area contributed by atoms with E-state index in [1.165, 1.54) is 5.56 Å². The van der Waals surface area contributed by atoms with Crippen LogP contribution >= 0.6 is 12.2 Å². The molecule has 6 heteroatoms. The van der Waals surface area contributed by atoms with Crippen molar-refractivity contribution in [1.82, 2.24) is 16.2 Å².